The van der Waals surface area contributed by atoms with Crippen molar-refractivity contribution in [2.45, 2.75) is 18.9 Å². The fraction of sp³-hybridized carbons (Fsp3) is 0.211. The third-order valence-electron chi connectivity index (χ3n) is 4.31. The number of likely N-dealkylation sites (tertiary alicyclic amines) is 1. The second-order valence-corrected chi connectivity index (χ2v) is 7.14. The topological polar surface area (TPSA) is 105 Å². The van der Waals surface area contributed by atoms with Crippen molar-refractivity contribution in [1.29, 1.82) is 0 Å². The van der Waals surface area contributed by atoms with E-state index in [4.69, 9.17) is 5.73 Å². The number of anilines is 2. The average molecular weight is 431 g/mol. The largest absolute Gasteiger partial charge is 0.351 e. The quantitative estimate of drug-likeness (QED) is 0.693. The lowest BCUT2D eigenvalue weighted by Gasteiger charge is -2.24. The zero-order valence-electron chi connectivity index (χ0n) is 14.4. The summed E-state index contributed by atoms with van der Waals surface area (Å²) in [6.45, 7) is 0.538. The lowest BCUT2D eigenvalue weighted by molar-refractivity contribution is -0.119. The monoisotopic (exact) mass is 430 g/mol. The molecular weight excluding hydrogens is 412 g/mol. The van der Waals surface area contributed by atoms with Crippen molar-refractivity contribution < 1.29 is 14.4 Å². The van der Waals surface area contributed by atoms with E-state index < -0.39 is 12.1 Å². The van der Waals surface area contributed by atoms with E-state index in [1.54, 1.807) is 53.4 Å². The number of halogens is 1. The molecule has 1 heterocycles. The molecule has 8 heteroatoms. The SMILES string of the molecule is NC(=O)Nc1cccc(NC(=O)C2CCCN2C(=O)c2ccc(Br)cc2)c1. The van der Waals surface area contributed by atoms with Crippen LogP contribution in [-0.4, -0.2) is 35.3 Å². The maximum Gasteiger partial charge on any atom is 0.316 e. The molecule has 2 aromatic rings. The van der Waals surface area contributed by atoms with Gasteiger partial charge in [-0.05, 0) is 55.3 Å². The van der Waals surface area contributed by atoms with Crippen LogP contribution in [0.4, 0.5) is 16.2 Å². The number of hydrogen-bond acceptors (Lipinski definition) is 3. The van der Waals surface area contributed by atoms with Crippen LogP contribution in [-0.2, 0) is 4.79 Å². The van der Waals surface area contributed by atoms with E-state index in [9.17, 15) is 14.4 Å². The van der Waals surface area contributed by atoms with Crippen LogP contribution in [0.1, 0.15) is 23.2 Å². The molecule has 7 nitrogen and oxygen atoms in total. The summed E-state index contributed by atoms with van der Waals surface area (Å²) in [5, 5.41) is 5.27. The average Bonchev–Trinajstić information content (AvgIpc) is 3.11. The maximum atomic E-state index is 12.8. The highest BCUT2D eigenvalue weighted by molar-refractivity contribution is 9.10. The number of urea groups is 1. The van der Waals surface area contributed by atoms with Crippen molar-refractivity contribution in [1.82, 2.24) is 4.90 Å². The zero-order valence-corrected chi connectivity index (χ0v) is 16.0. The molecular formula is C19H19BrN4O3. The van der Waals surface area contributed by atoms with Gasteiger partial charge in [0.1, 0.15) is 6.04 Å². The van der Waals surface area contributed by atoms with Crippen LogP contribution in [0.3, 0.4) is 0 Å². The van der Waals surface area contributed by atoms with Gasteiger partial charge < -0.3 is 21.3 Å². The van der Waals surface area contributed by atoms with Crippen molar-refractivity contribution >= 4 is 45.2 Å². The highest BCUT2D eigenvalue weighted by atomic mass is 79.9. The van der Waals surface area contributed by atoms with Gasteiger partial charge in [-0.25, -0.2) is 4.79 Å². The van der Waals surface area contributed by atoms with E-state index in [-0.39, 0.29) is 11.8 Å². The summed E-state index contributed by atoms with van der Waals surface area (Å²) in [4.78, 5) is 38.1. The molecule has 0 radical (unpaired) electrons. The van der Waals surface area contributed by atoms with Gasteiger partial charge in [-0.15, -0.1) is 0 Å². The van der Waals surface area contributed by atoms with E-state index >= 15 is 0 Å². The highest BCUT2D eigenvalue weighted by Gasteiger charge is 2.34. The highest BCUT2D eigenvalue weighted by Crippen LogP contribution is 2.23. The van der Waals surface area contributed by atoms with Crippen LogP contribution in [0.25, 0.3) is 0 Å². The molecule has 0 spiro atoms. The van der Waals surface area contributed by atoms with E-state index in [0.29, 0.717) is 29.9 Å². The minimum absolute atomic E-state index is 0.163. The van der Waals surface area contributed by atoms with E-state index in [0.717, 1.165) is 10.9 Å². The fourth-order valence-electron chi connectivity index (χ4n) is 3.08. The molecule has 4 N–H and O–H groups in total. The minimum atomic E-state index is -0.680. The van der Waals surface area contributed by atoms with Gasteiger partial charge in [0.05, 0.1) is 0 Å². The van der Waals surface area contributed by atoms with Crippen molar-refractivity contribution in [2.24, 2.45) is 5.73 Å². The van der Waals surface area contributed by atoms with Crippen molar-refractivity contribution in [3.63, 3.8) is 0 Å². The number of nitrogens with one attached hydrogen (secondary N) is 2. The molecule has 2 aromatic carbocycles. The van der Waals surface area contributed by atoms with E-state index in [2.05, 4.69) is 26.6 Å². The molecule has 1 atom stereocenters. The van der Waals surface area contributed by atoms with E-state index in [1.165, 1.54) is 0 Å². The summed E-state index contributed by atoms with van der Waals surface area (Å²) < 4.78 is 0.888. The summed E-state index contributed by atoms with van der Waals surface area (Å²) >= 11 is 3.35. The first-order valence-corrected chi connectivity index (χ1v) is 9.27. The number of rotatable bonds is 4. The molecule has 1 fully saturated rings. The van der Waals surface area contributed by atoms with E-state index in [1.807, 2.05) is 0 Å². The second-order valence-electron chi connectivity index (χ2n) is 6.22. The second kappa shape index (κ2) is 8.22. The van der Waals surface area contributed by atoms with Gasteiger partial charge in [-0.1, -0.05) is 22.0 Å². The number of nitrogens with two attached hydrogens (primary N) is 1. The number of carbonyl (C=O) groups excluding carboxylic acids is 3. The molecule has 0 aliphatic carbocycles. The molecule has 1 unspecified atom stereocenters. The third-order valence-corrected chi connectivity index (χ3v) is 4.83. The van der Waals surface area contributed by atoms with Crippen molar-refractivity contribution in [3.8, 4) is 0 Å². The number of benzene rings is 2. The summed E-state index contributed by atoms with van der Waals surface area (Å²) in [5.74, 6) is -0.418. The Labute approximate surface area is 165 Å². The molecule has 27 heavy (non-hydrogen) atoms. The number of hydrogen-bond donors (Lipinski definition) is 3. The molecule has 4 amide bonds. The van der Waals surface area contributed by atoms with Gasteiger partial charge in [0.15, 0.2) is 0 Å². The first kappa shape index (κ1) is 18.9. The number of carbonyl (C=O) groups is 3. The van der Waals surface area contributed by atoms with Gasteiger partial charge in [-0.3, -0.25) is 9.59 Å². The van der Waals surface area contributed by atoms with Crippen LogP contribution >= 0.6 is 15.9 Å². The smallest absolute Gasteiger partial charge is 0.316 e. The lowest BCUT2D eigenvalue weighted by Crippen LogP contribution is -2.43. The predicted octanol–water partition coefficient (Wildman–Crippen LogP) is 3.18. The summed E-state index contributed by atoms with van der Waals surface area (Å²) in [7, 11) is 0. The Morgan fingerprint density at radius 3 is 2.37 bits per heavy atom. The van der Waals surface area contributed by atoms with Gasteiger partial charge in [0.25, 0.3) is 5.91 Å². The van der Waals surface area contributed by atoms with Crippen LogP contribution in [0.2, 0.25) is 0 Å². The van der Waals surface area contributed by atoms with Crippen LogP contribution in [0.5, 0.6) is 0 Å². The van der Waals surface area contributed by atoms with Gasteiger partial charge >= 0.3 is 6.03 Å². The molecule has 0 saturated carbocycles. The maximum absolute atomic E-state index is 12.8. The Balaban J connectivity index is 1.71. The molecule has 1 aliphatic rings. The normalized spacial score (nSPS) is 16.0. The molecule has 1 saturated heterocycles. The first-order valence-electron chi connectivity index (χ1n) is 8.48. The van der Waals surface area contributed by atoms with Crippen LogP contribution in [0.15, 0.2) is 53.0 Å². The predicted molar refractivity (Wildman–Crippen MR) is 106 cm³/mol. The first-order chi connectivity index (χ1) is 12.9. The summed E-state index contributed by atoms with van der Waals surface area (Å²) in [5.41, 5.74) is 6.66. The molecule has 0 bridgehead atoms. The van der Waals surface area contributed by atoms with Crippen molar-refractivity contribution in [2.75, 3.05) is 17.2 Å². The number of nitrogens with zero attached hydrogens (tertiary/aromatic N) is 1. The standard InChI is InChI=1S/C19H19BrN4O3/c20-13-8-6-12(7-9-13)18(26)24-10-2-5-16(24)17(25)22-14-3-1-4-15(11-14)23-19(21)27/h1,3-4,6-9,11,16H,2,5,10H2,(H,22,25)(H3,21,23,27). The number of primary amides is 1. The Morgan fingerprint density at radius 2 is 1.70 bits per heavy atom. The van der Waals surface area contributed by atoms with Crippen LogP contribution in [0, 0.1) is 0 Å². The van der Waals surface area contributed by atoms with Gasteiger partial charge in [-0.2, -0.15) is 0 Å². The van der Waals surface area contributed by atoms with Gasteiger partial charge in [0, 0.05) is 28.0 Å². The summed E-state index contributed by atoms with van der Waals surface area (Å²) in [6.07, 6.45) is 1.37. The van der Waals surface area contributed by atoms with Crippen LogP contribution < -0.4 is 16.4 Å². The molecule has 140 valence electrons. The lowest BCUT2D eigenvalue weighted by atomic mass is 10.1. The summed E-state index contributed by atoms with van der Waals surface area (Å²) in [6, 6.07) is 12.5. The Bertz CT molecular complexity index is 870. The Morgan fingerprint density at radius 1 is 1.04 bits per heavy atom. The molecule has 1 aliphatic heterocycles. The number of amides is 4. The Kier molecular flexibility index (Phi) is 5.75. The molecule has 0 aromatic heterocycles. The van der Waals surface area contributed by atoms with Crippen molar-refractivity contribution in [3.05, 3.63) is 58.6 Å². The minimum Gasteiger partial charge on any atom is -0.351 e. The zero-order chi connectivity index (χ0) is 19.4. The fourth-order valence-corrected chi connectivity index (χ4v) is 3.35. The Hall–Kier alpha value is -2.87. The molecule has 3 rings (SSSR count). The van der Waals surface area contributed by atoms with Gasteiger partial charge in [0.2, 0.25) is 5.91 Å². The third kappa shape index (κ3) is 4.65.